The molecule has 0 amide bonds. The highest BCUT2D eigenvalue weighted by Gasteiger charge is 2.14. The zero-order chi connectivity index (χ0) is 15.0. The highest BCUT2D eigenvalue weighted by atomic mass is 35.5. The highest BCUT2D eigenvalue weighted by molar-refractivity contribution is 7.89. The summed E-state index contributed by atoms with van der Waals surface area (Å²) in [6, 6.07) is 10.0. The summed E-state index contributed by atoms with van der Waals surface area (Å²) in [7, 11) is -1.21. The molecule has 0 saturated heterocycles. The molecule has 1 aromatic rings. The third-order valence-corrected chi connectivity index (χ3v) is 5.14. The highest BCUT2D eigenvalue weighted by Crippen LogP contribution is 2.10. The predicted octanol–water partition coefficient (Wildman–Crippen LogP) is 2.31. The molecule has 0 saturated carbocycles. The Balaban J connectivity index is 2.28. The first-order chi connectivity index (χ1) is 9.44. The molecule has 0 aliphatic carbocycles. The van der Waals surface area contributed by atoms with Gasteiger partial charge in [-0.3, -0.25) is 0 Å². The van der Waals surface area contributed by atoms with Crippen LogP contribution >= 0.6 is 11.6 Å². The van der Waals surface area contributed by atoms with Crippen LogP contribution in [0.2, 0.25) is 0 Å². The second-order valence-electron chi connectivity index (χ2n) is 5.05. The first kappa shape index (κ1) is 17.3. The van der Waals surface area contributed by atoms with E-state index in [0.717, 1.165) is 18.7 Å². The maximum absolute atomic E-state index is 11.7. The Morgan fingerprint density at radius 3 is 2.55 bits per heavy atom. The van der Waals surface area contributed by atoms with Crippen molar-refractivity contribution in [1.82, 2.24) is 4.72 Å². The smallest absolute Gasteiger partial charge is 0.211 e. The van der Waals surface area contributed by atoms with Gasteiger partial charge in [0.15, 0.2) is 0 Å². The monoisotopic (exact) mass is 318 g/mol. The van der Waals surface area contributed by atoms with Gasteiger partial charge in [0.25, 0.3) is 0 Å². The summed E-state index contributed by atoms with van der Waals surface area (Å²) < 4.78 is 26.1. The normalized spacial score (nSPS) is 13.2. The zero-order valence-corrected chi connectivity index (χ0v) is 13.6. The van der Waals surface area contributed by atoms with Gasteiger partial charge in [0.05, 0.1) is 5.75 Å². The SMILES string of the molecule is CC(CCl)CS(=O)(=O)NCCCN(C)c1ccccc1. The van der Waals surface area contributed by atoms with Crippen LogP contribution in [0, 0.1) is 5.92 Å². The Morgan fingerprint density at radius 2 is 1.95 bits per heavy atom. The van der Waals surface area contributed by atoms with Gasteiger partial charge in [-0.25, -0.2) is 13.1 Å². The minimum atomic E-state index is -3.21. The topological polar surface area (TPSA) is 49.4 Å². The van der Waals surface area contributed by atoms with E-state index >= 15 is 0 Å². The van der Waals surface area contributed by atoms with Gasteiger partial charge in [0.2, 0.25) is 10.0 Å². The molecule has 0 heterocycles. The van der Waals surface area contributed by atoms with Gasteiger partial charge in [-0.15, -0.1) is 11.6 Å². The van der Waals surface area contributed by atoms with E-state index in [9.17, 15) is 8.42 Å². The van der Waals surface area contributed by atoms with E-state index in [-0.39, 0.29) is 11.7 Å². The van der Waals surface area contributed by atoms with Gasteiger partial charge in [-0.1, -0.05) is 25.1 Å². The van der Waals surface area contributed by atoms with Crippen molar-refractivity contribution in [2.75, 3.05) is 36.7 Å². The number of hydrogen-bond acceptors (Lipinski definition) is 3. The summed E-state index contributed by atoms with van der Waals surface area (Å²) >= 11 is 5.63. The number of alkyl halides is 1. The van der Waals surface area contributed by atoms with Crippen LogP contribution < -0.4 is 9.62 Å². The van der Waals surface area contributed by atoms with Crippen LogP contribution in [0.1, 0.15) is 13.3 Å². The number of nitrogens with one attached hydrogen (secondary N) is 1. The van der Waals surface area contributed by atoms with Gasteiger partial charge in [-0.05, 0) is 24.5 Å². The van der Waals surface area contributed by atoms with Gasteiger partial charge >= 0.3 is 0 Å². The summed E-state index contributed by atoms with van der Waals surface area (Å²) in [4.78, 5) is 2.11. The van der Waals surface area contributed by atoms with E-state index in [2.05, 4.69) is 9.62 Å². The minimum absolute atomic E-state index is 0.0267. The maximum Gasteiger partial charge on any atom is 0.211 e. The zero-order valence-electron chi connectivity index (χ0n) is 12.0. The molecule has 0 aromatic heterocycles. The van der Waals surface area contributed by atoms with Crippen molar-refractivity contribution >= 4 is 27.3 Å². The number of benzene rings is 1. The Bertz CT molecular complexity index is 479. The van der Waals surface area contributed by atoms with E-state index in [4.69, 9.17) is 11.6 Å². The Hall–Kier alpha value is -0.780. The molecule has 0 aliphatic heterocycles. The number of hydrogen-bond donors (Lipinski definition) is 1. The maximum atomic E-state index is 11.7. The summed E-state index contributed by atoms with van der Waals surface area (Å²) in [5.41, 5.74) is 1.13. The van der Waals surface area contributed by atoms with E-state index in [0.29, 0.717) is 12.4 Å². The molecule has 1 atom stereocenters. The molecule has 114 valence electrons. The molecule has 6 heteroatoms. The summed E-state index contributed by atoms with van der Waals surface area (Å²) in [5.74, 6) is 0.420. The van der Waals surface area contributed by atoms with Crippen molar-refractivity contribution in [2.45, 2.75) is 13.3 Å². The van der Waals surface area contributed by atoms with Crippen molar-refractivity contribution in [3.63, 3.8) is 0 Å². The van der Waals surface area contributed by atoms with Gasteiger partial charge in [-0.2, -0.15) is 0 Å². The third-order valence-electron chi connectivity index (χ3n) is 2.96. The van der Waals surface area contributed by atoms with Crippen LogP contribution in [0.5, 0.6) is 0 Å². The fourth-order valence-corrected chi connectivity index (χ4v) is 3.51. The van der Waals surface area contributed by atoms with Crippen LogP contribution in [-0.4, -0.2) is 40.2 Å². The van der Waals surface area contributed by atoms with Crippen LogP contribution in [0.4, 0.5) is 5.69 Å². The number of anilines is 1. The number of rotatable bonds is 9. The quantitative estimate of drug-likeness (QED) is 0.561. The van der Waals surface area contributed by atoms with Gasteiger partial charge in [0.1, 0.15) is 0 Å². The largest absolute Gasteiger partial charge is 0.375 e. The van der Waals surface area contributed by atoms with Crippen LogP contribution in [0.15, 0.2) is 30.3 Å². The lowest BCUT2D eigenvalue weighted by atomic mass is 10.3. The second kappa shape index (κ2) is 8.49. The molecule has 1 rings (SSSR count). The molecular weight excluding hydrogens is 296 g/mol. The van der Waals surface area contributed by atoms with Crippen molar-refractivity contribution in [1.29, 1.82) is 0 Å². The second-order valence-corrected chi connectivity index (χ2v) is 7.21. The molecule has 0 aliphatic rings. The summed E-state index contributed by atoms with van der Waals surface area (Å²) in [5, 5.41) is 0. The molecular formula is C14H23ClN2O2S. The Labute approximate surface area is 127 Å². The first-order valence-electron chi connectivity index (χ1n) is 6.74. The lowest BCUT2D eigenvalue weighted by molar-refractivity contribution is 0.566. The lowest BCUT2D eigenvalue weighted by Gasteiger charge is -2.19. The molecule has 0 fully saturated rings. The fraction of sp³-hybridized carbons (Fsp3) is 0.571. The molecule has 1 unspecified atom stereocenters. The van der Waals surface area contributed by atoms with E-state index < -0.39 is 10.0 Å². The number of sulfonamides is 1. The van der Waals surface area contributed by atoms with Crippen molar-refractivity contribution in [3.8, 4) is 0 Å². The van der Waals surface area contributed by atoms with E-state index in [1.165, 1.54) is 0 Å². The Kier molecular flexibility index (Phi) is 7.34. The van der Waals surface area contributed by atoms with Crippen molar-refractivity contribution in [2.24, 2.45) is 5.92 Å². The fourth-order valence-electron chi connectivity index (χ4n) is 1.83. The van der Waals surface area contributed by atoms with Crippen molar-refractivity contribution in [3.05, 3.63) is 30.3 Å². The lowest BCUT2D eigenvalue weighted by Crippen LogP contribution is -2.32. The Morgan fingerprint density at radius 1 is 1.30 bits per heavy atom. The molecule has 20 heavy (non-hydrogen) atoms. The number of para-hydroxylation sites is 1. The molecule has 1 aromatic carbocycles. The van der Waals surface area contributed by atoms with Gasteiger partial charge in [0, 0.05) is 31.7 Å². The standard InChI is InChI=1S/C14H23ClN2O2S/c1-13(11-15)12-20(18,19)16-9-6-10-17(2)14-7-4-3-5-8-14/h3-5,7-8,13,16H,6,9-12H2,1-2H3. The molecule has 1 N–H and O–H groups in total. The average molecular weight is 319 g/mol. The third kappa shape index (κ3) is 6.59. The van der Waals surface area contributed by atoms with Gasteiger partial charge < -0.3 is 4.90 Å². The van der Waals surface area contributed by atoms with Crippen molar-refractivity contribution < 1.29 is 8.42 Å². The van der Waals surface area contributed by atoms with Crippen LogP contribution in [0.25, 0.3) is 0 Å². The molecule has 0 radical (unpaired) electrons. The van der Waals surface area contributed by atoms with Crippen LogP contribution in [-0.2, 0) is 10.0 Å². The summed E-state index contributed by atoms with van der Waals surface area (Å²) in [6.07, 6.45) is 0.764. The van der Waals surface area contributed by atoms with Crippen LogP contribution in [0.3, 0.4) is 0 Å². The summed E-state index contributed by atoms with van der Waals surface area (Å²) in [6.45, 7) is 3.08. The predicted molar refractivity (Wildman–Crippen MR) is 86.0 cm³/mol. The number of nitrogens with zero attached hydrogens (tertiary/aromatic N) is 1. The molecule has 0 spiro atoms. The van der Waals surface area contributed by atoms with E-state index in [1.54, 1.807) is 0 Å². The number of halogens is 1. The minimum Gasteiger partial charge on any atom is -0.375 e. The van der Waals surface area contributed by atoms with E-state index in [1.807, 2.05) is 44.3 Å². The average Bonchev–Trinajstić information content (AvgIpc) is 2.43. The molecule has 4 nitrogen and oxygen atoms in total. The molecule has 0 bridgehead atoms. The first-order valence-corrected chi connectivity index (χ1v) is 8.93.